The molecule has 0 spiro atoms. The highest BCUT2D eigenvalue weighted by Gasteiger charge is 2.25. The van der Waals surface area contributed by atoms with Gasteiger partial charge in [0.05, 0.1) is 17.5 Å². The van der Waals surface area contributed by atoms with Crippen molar-refractivity contribution in [3.05, 3.63) is 30.1 Å². The lowest BCUT2D eigenvalue weighted by atomic mass is 9.98. The molecule has 0 aromatic carbocycles. The second-order valence-electron chi connectivity index (χ2n) is 5.75. The number of hydrogen-bond donors (Lipinski definition) is 0. The van der Waals surface area contributed by atoms with Gasteiger partial charge in [-0.25, -0.2) is 12.7 Å². The topological polar surface area (TPSA) is 53.5 Å². The first kappa shape index (κ1) is 16.4. The van der Waals surface area contributed by atoms with E-state index in [1.54, 1.807) is 14.1 Å². The van der Waals surface area contributed by atoms with Crippen LogP contribution in [0, 0.1) is 0 Å². The summed E-state index contributed by atoms with van der Waals surface area (Å²) >= 11 is 0. The van der Waals surface area contributed by atoms with Crippen LogP contribution in [0.1, 0.15) is 37.4 Å². The van der Waals surface area contributed by atoms with Gasteiger partial charge in [-0.3, -0.25) is 9.88 Å². The molecule has 21 heavy (non-hydrogen) atoms. The molecule has 0 N–H and O–H groups in total. The molecule has 0 saturated carbocycles. The molecule has 5 nitrogen and oxygen atoms in total. The molecule has 1 saturated heterocycles. The first-order valence-electron chi connectivity index (χ1n) is 7.56. The Bertz CT molecular complexity index is 531. The highest BCUT2D eigenvalue weighted by Crippen LogP contribution is 2.29. The highest BCUT2D eigenvalue weighted by atomic mass is 32.2. The summed E-state index contributed by atoms with van der Waals surface area (Å²) in [5.74, 6) is 0.214. The maximum absolute atomic E-state index is 11.8. The van der Waals surface area contributed by atoms with Crippen LogP contribution in [-0.2, 0) is 10.0 Å². The third kappa shape index (κ3) is 4.49. The summed E-state index contributed by atoms with van der Waals surface area (Å²) in [6, 6.07) is 6.35. The van der Waals surface area contributed by atoms with E-state index in [4.69, 9.17) is 0 Å². The predicted molar refractivity (Wildman–Crippen MR) is 84.5 cm³/mol. The van der Waals surface area contributed by atoms with Gasteiger partial charge in [-0.2, -0.15) is 0 Å². The monoisotopic (exact) mass is 311 g/mol. The molecule has 2 heterocycles. The molecule has 0 radical (unpaired) electrons. The second-order valence-corrected chi connectivity index (χ2v) is 8.06. The number of nitrogens with zero attached hydrogens (tertiary/aromatic N) is 3. The fourth-order valence-electron chi connectivity index (χ4n) is 2.80. The van der Waals surface area contributed by atoms with Crippen molar-refractivity contribution in [3.8, 4) is 0 Å². The van der Waals surface area contributed by atoms with E-state index < -0.39 is 10.0 Å². The largest absolute Gasteiger partial charge is 0.295 e. The highest BCUT2D eigenvalue weighted by molar-refractivity contribution is 7.89. The maximum atomic E-state index is 11.8. The summed E-state index contributed by atoms with van der Waals surface area (Å²) in [4.78, 5) is 6.86. The molecule has 6 heteroatoms. The van der Waals surface area contributed by atoms with E-state index in [0.29, 0.717) is 12.5 Å². The molecule has 0 amide bonds. The smallest absolute Gasteiger partial charge is 0.213 e. The minimum atomic E-state index is -3.09. The minimum Gasteiger partial charge on any atom is -0.295 e. The molecule has 1 aromatic rings. The number of sulfonamides is 1. The molecule has 1 fully saturated rings. The number of rotatable bonds is 6. The Morgan fingerprint density at radius 1 is 1.33 bits per heavy atom. The number of aromatic nitrogens is 1. The normalized spacial score (nSPS) is 20.8. The first-order chi connectivity index (χ1) is 10.0. The molecule has 0 unspecified atom stereocenters. The van der Waals surface area contributed by atoms with Crippen LogP contribution in [0.4, 0.5) is 0 Å². The van der Waals surface area contributed by atoms with E-state index >= 15 is 0 Å². The van der Waals surface area contributed by atoms with Crippen LogP contribution in [0.5, 0.6) is 0 Å². The van der Waals surface area contributed by atoms with Crippen molar-refractivity contribution in [1.29, 1.82) is 0 Å². The van der Waals surface area contributed by atoms with Gasteiger partial charge < -0.3 is 0 Å². The van der Waals surface area contributed by atoms with Gasteiger partial charge in [-0.15, -0.1) is 0 Å². The van der Waals surface area contributed by atoms with Crippen molar-refractivity contribution in [2.24, 2.45) is 0 Å². The third-order valence-corrected chi connectivity index (χ3v) is 5.96. The Morgan fingerprint density at radius 3 is 2.81 bits per heavy atom. The van der Waals surface area contributed by atoms with E-state index in [-0.39, 0.29) is 5.75 Å². The molecule has 2 rings (SSSR count). The Labute approximate surface area is 128 Å². The summed E-state index contributed by atoms with van der Waals surface area (Å²) in [7, 11) is 0.0903. The zero-order valence-corrected chi connectivity index (χ0v) is 13.7. The molecular weight excluding hydrogens is 286 g/mol. The van der Waals surface area contributed by atoms with Crippen LogP contribution in [0.2, 0.25) is 0 Å². The van der Waals surface area contributed by atoms with Gasteiger partial charge in [0, 0.05) is 20.3 Å². The summed E-state index contributed by atoms with van der Waals surface area (Å²) in [6.07, 6.45) is 6.01. The van der Waals surface area contributed by atoms with Crippen molar-refractivity contribution >= 4 is 10.0 Å². The lowest BCUT2D eigenvalue weighted by Gasteiger charge is -2.35. The van der Waals surface area contributed by atoms with Crippen molar-refractivity contribution in [2.75, 3.05) is 32.9 Å². The summed E-state index contributed by atoms with van der Waals surface area (Å²) < 4.78 is 24.9. The van der Waals surface area contributed by atoms with E-state index in [0.717, 1.165) is 25.2 Å². The van der Waals surface area contributed by atoms with Crippen LogP contribution < -0.4 is 0 Å². The van der Waals surface area contributed by atoms with Crippen LogP contribution in [0.3, 0.4) is 0 Å². The van der Waals surface area contributed by atoms with Gasteiger partial charge in [-0.1, -0.05) is 12.5 Å². The molecule has 1 aliphatic heterocycles. The lowest BCUT2D eigenvalue weighted by molar-refractivity contribution is 0.146. The minimum absolute atomic E-state index is 0.214. The van der Waals surface area contributed by atoms with Gasteiger partial charge in [0.15, 0.2) is 0 Å². The molecule has 0 bridgehead atoms. The Morgan fingerprint density at radius 2 is 2.14 bits per heavy atom. The number of hydrogen-bond acceptors (Lipinski definition) is 4. The van der Waals surface area contributed by atoms with Gasteiger partial charge >= 0.3 is 0 Å². The van der Waals surface area contributed by atoms with Gasteiger partial charge in [0.25, 0.3) is 0 Å². The molecule has 1 aliphatic rings. The van der Waals surface area contributed by atoms with Crippen LogP contribution in [0.15, 0.2) is 24.4 Å². The number of piperidine rings is 1. The zero-order valence-electron chi connectivity index (χ0n) is 12.9. The zero-order chi connectivity index (χ0) is 15.3. The third-order valence-electron chi connectivity index (χ3n) is 4.05. The van der Waals surface area contributed by atoms with Crippen LogP contribution in [0.25, 0.3) is 0 Å². The quantitative estimate of drug-likeness (QED) is 0.805. The maximum Gasteiger partial charge on any atom is 0.213 e. The Balaban J connectivity index is 1.94. The van der Waals surface area contributed by atoms with Gasteiger partial charge in [0.2, 0.25) is 10.0 Å². The van der Waals surface area contributed by atoms with E-state index in [9.17, 15) is 8.42 Å². The number of pyridine rings is 1. The first-order valence-corrected chi connectivity index (χ1v) is 9.17. The van der Waals surface area contributed by atoms with Gasteiger partial charge in [0.1, 0.15) is 0 Å². The average molecular weight is 311 g/mol. The van der Waals surface area contributed by atoms with Crippen LogP contribution in [-0.4, -0.2) is 55.5 Å². The fraction of sp³-hybridized carbons (Fsp3) is 0.667. The predicted octanol–water partition coefficient (Wildman–Crippen LogP) is 1.89. The summed E-state index contributed by atoms with van der Waals surface area (Å²) in [6.45, 7) is 1.84. The fourth-order valence-corrected chi connectivity index (χ4v) is 3.66. The summed E-state index contributed by atoms with van der Waals surface area (Å²) in [5, 5.41) is 0. The Hall–Kier alpha value is -0.980. The lowest BCUT2D eigenvalue weighted by Crippen LogP contribution is -2.36. The van der Waals surface area contributed by atoms with E-state index in [2.05, 4.69) is 16.0 Å². The number of likely N-dealkylation sites (tertiary alicyclic amines) is 1. The Kier molecular flexibility index (Phi) is 5.72. The molecule has 1 atom stereocenters. The van der Waals surface area contributed by atoms with E-state index in [1.165, 1.54) is 17.1 Å². The van der Waals surface area contributed by atoms with Gasteiger partial charge in [-0.05, 0) is 44.5 Å². The van der Waals surface area contributed by atoms with Crippen LogP contribution >= 0.6 is 0 Å². The molecule has 0 aliphatic carbocycles. The van der Waals surface area contributed by atoms with E-state index in [1.807, 2.05) is 18.3 Å². The van der Waals surface area contributed by atoms with Crippen molar-refractivity contribution in [1.82, 2.24) is 14.2 Å². The van der Waals surface area contributed by atoms with Crippen molar-refractivity contribution in [2.45, 2.75) is 31.7 Å². The molecule has 118 valence electrons. The van der Waals surface area contributed by atoms with Crippen molar-refractivity contribution < 1.29 is 8.42 Å². The molecule has 1 aromatic heterocycles. The summed E-state index contributed by atoms with van der Waals surface area (Å²) in [5.41, 5.74) is 1.10. The molecular formula is C15H25N3O2S. The average Bonchev–Trinajstić information content (AvgIpc) is 2.48. The SMILES string of the molecule is CN(C)S(=O)(=O)CCCN1CCCC[C@@H]1c1ccccn1. The van der Waals surface area contributed by atoms with Crippen molar-refractivity contribution in [3.63, 3.8) is 0 Å². The standard InChI is InChI=1S/C15H25N3O2S/c1-17(2)21(19,20)13-7-12-18-11-6-4-9-15(18)14-8-3-5-10-16-14/h3,5,8,10,15H,4,6-7,9,11-13H2,1-2H3/t15-/m1/s1. The second kappa shape index (κ2) is 7.33.